The Morgan fingerprint density at radius 2 is 2.39 bits per heavy atom. The van der Waals surface area contributed by atoms with Gasteiger partial charge in [-0.1, -0.05) is 11.6 Å². The van der Waals surface area contributed by atoms with Crippen LogP contribution in [-0.2, 0) is 0 Å². The van der Waals surface area contributed by atoms with Crippen molar-refractivity contribution in [3.05, 3.63) is 41.2 Å². The van der Waals surface area contributed by atoms with Crippen molar-refractivity contribution in [2.24, 2.45) is 5.92 Å². The van der Waals surface area contributed by atoms with Gasteiger partial charge in [0.1, 0.15) is 22.9 Å². The number of likely N-dealkylation sites (tertiary alicyclic amines) is 1. The van der Waals surface area contributed by atoms with Crippen LogP contribution in [0.25, 0.3) is 0 Å². The molecule has 2 aromatic rings. The molecule has 2 atom stereocenters. The van der Waals surface area contributed by atoms with Crippen LogP contribution in [0.3, 0.4) is 0 Å². The molecule has 2 unspecified atom stereocenters. The van der Waals surface area contributed by atoms with Crippen LogP contribution in [0, 0.1) is 12.8 Å². The second-order valence-corrected chi connectivity index (χ2v) is 6.74. The molecule has 1 saturated heterocycles. The molecule has 0 spiro atoms. The fourth-order valence-corrected chi connectivity index (χ4v) is 3.70. The number of carbonyl (C=O) groups is 1. The third-order valence-electron chi connectivity index (χ3n) is 4.91. The molecule has 2 aromatic heterocycles. The van der Waals surface area contributed by atoms with Crippen molar-refractivity contribution in [2.45, 2.75) is 25.3 Å². The Kier molecular flexibility index (Phi) is 3.30. The first-order valence-corrected chi connectivity index (χ1v) is 8.05. The monoisotopic (exact) mass is 332 g/mol. The lowest BCUT2D eigenvalue weighted by Gasteiger charge is -2.44. The highest BCUT2D eigenvalue weighted by atomic mass is 35.5. The Morgan fingerprint density at radius 1 is 1.52 bits per heavy atom. The van der Waals surface area contributed by atoms with Gasteiger partial charge in [-0.3, -0.25) is 4.79 Å². The predicted molar refractivity (Wildman–Crippen MR) is 85.5 cm³/mol. The maximum Gasteiger partial charge on any atom is 0.289 e. The second-order valence-electron chi connectivity index (χ2n) is 6.33. The van der Waals surface area contributed by atoms with Gasteiger partial charge in [-0.15, -0.1) is 0 Å². The minimum absolute atomic E-state index is 0.0533. The molecule has 1 amide bonds. The summed E-state index contributed by atoms with van der Waals surface area (Å²) in [6.45, 7) is 3.20. The average molecular weight is 333 g/mol. The summed E-state index contributed by atoms with van der Waals surface area (Å²) in [6, 6.07) is 3.55. The van der Waals surface area contributed by atoms with E-state index in [9.17, 15) is 4.79 Å². The molecular weight excluding hydrogens is 316 g/mol. The average Bonchev–Trinajstić information content (AvgIpc) is 3.06. The van der Waals surface area contributed by atoms with Gasteiger partial charge in [0, 0.05) is 19.0 Å². The van der Waals surface area contributed by atoms with Crippen LogP contribution in [0.4, 0.5) is 5.82 Å². The van der Waals surface area contributed by atoms with Crippen LogP contribution in [-0.4, -0.2) is 39.4 Å². The second kappa shape index (κ2) is 5.23. The van der Waals surface area contributed by atoms with Gasteiger partial charge < -0.3 is 14.6 Å². The van der Waals surface area contributed by atoms with E-state index in [1.54, 1.807) is 12.3 Å². The third kappa shape index (κ3) is 2.37. The summed E-state index contributed by atoms with van der Waals surface area (Å²) in [4.78, 5) is 22.6. The predicted octanol–water partition coefficient (Wildman–Crippen LogP) is 2.75. The minimum atomic E-state index is -0.144. The van der Waals surface area contributed by atoms with Gasteiger partial charge in [-0.2, -0.15) is 0 Å². The lowest BCUT2D eigenvalue weighted by Crippen LogP contribution is -2.53. The molecular formula is C16H17ClN4O2. The molecule has 2 aliphatic rings. The molecule has 4 rings (SSSR count). The molecule has 1 aliphatic carbocycles. The summed E-state index contributed by atoms with van der Waals surface area (Å²) in [7, 11) is 0. The van der Waals surface area contributed by atoms with Crippen molar-refractivity contribution in [2.75, 3.05) is 18.4 Å². The van der Waals surface area contributed by atoms with E-state index in [0.717, 1.165) is 25.1 Å². The Bertz CT molecular complexity index is 762. The zero-order chi connectivity index (χ0) is 16.0. The Morgan fingerprint density at radius 3 is 3.04 bits per heavy atom. The highest BCUT2D eigenvalue weighted by molar-refractivity contribution is 6.32. The minimum Gasteiger partial charge on any atom is -0.456 e. The quantitative estimate of drug-likeness (QED) is 0.935. The number of aromatic nitrogens is 2. The van der Waals surface area contributed by atoms with Crippen molar-refractivity contribution in [3.63, 3.8) is 0 Å². The molecule has 7 heteroatoms. The summed E-state index contributed by atoms with van der Waals surface area (Å²) in [5, 5.41) is 3.96. The van der Waals surface area contributed by atoms with Crippen LogP contribution in [0.1, 0.15) is 29.2 Å². The summed E-state index contributed by atoms with van der Waals surface area (Å²) in [5.41, 5.74) is -0.144. The number of fused-ring (bicyclic) bond motifs is 1. The first-order valence-electron chi connectivity index (χ1n) is 7.67. The van der Waals surface area contributed by atoms with E-state index >= 15 is 0 Å². The normalized spacial score (nSPS) is 25.8. The molecule has 2 fully saturated rings. The van der Waals surface area contributed by atoms with Gasteiger partial charge in [0.05, 0.1) is 11.7 Å². The molecule has 6 nitrogen and oxygen atoms in total. The zero-order valence-corrected chi connectivity index (χ0v) is 13.5. The van der Waals surface area contributed by atoms with Crippen LogP contribution in [0.5, 0.6) is 0 Å². The van der Waals surface area contributed by atoms with Crippen molar-refractivity contribution >= 4 is 23.3 Å². The SMILES string of the molecule is Cc1ccc(C(=O)N2CC3CCC3(Nc3ncncc3Cl)C2)o1. The molecule has 1 saturated carbocycles. The van der Waals surface area contributed by atoms with Gasteiger partial charge in [0.2, 0.25) is 0 Å². The molecule has 120 valence electrons. The van der Waals surface area contributed by atoms with E-state index in [1.807, 2.05) is 17.9 Å². The largest absolute Gasteiger partial charge is 0.456 e. The summed E-state index contributed by atoms with van der Waals surface area (Å²) in [5.74, 6) is 2.14. The molecule has 1 N–H and O–H groups in total. The van der Waals surface area contributed by atoms with Crippen LogP contribution < -0.4 is 5.32 Å². The summed E-state index contributed by atoms with van der Waals surface area (Å²) < 4.78 is 5.47. The summed E-state index contributed by atoms with van der Waals surface area (Å²) >= 11 is 6.15. The lowest BCUT2D eigenvalue weighted by atomic mass is 9.69. The Balaban J connectivity index is 1.53. The smallest absolute Gasteiger partial charge is 0.289 e. The third-order valence-corrected chi connectivity index (χ3v) is 5.18. The highest BCUT2D eigenvalue weighted by Crippen LogP contribution is 2.47. The number of carbonyl (C=O) groups excluding carboxylic acids is 1. The molecule has 3 heterocycles. The Hall–Kier alpha value is -2.08. The fourth-order valence-electron chi connectivity index (χ4n) is 3.55. The van der Waals surface area contributed by atoms with E-state index in [4.69, 9.17) is 16.0 Å². The van der Waals surface area contributed by atoms with Gasteiger partial charge in [-0.25, -0.2) is 9.97 Å². The number of nitrogens with zero attached hydrogens (tertiary/aromatic N) is 3. The number of halogens is 1. The standard InChI is InChI=1S/C16H17ClN4O2/c1-10-2-3-13(23-10)15(22)21-7-11-4-5-16(11,8-21)20-14-12(17)6-18-9-19-14/h2-3,6,9,11H,4-5,7-8H2,1H3,(H,18,19,20). The molecule has 0 bridgehead atoms. The van der Waals surface area contributed by atoms with Crippen molar-refractivity contribution < 1.29 is 9.21 Å². The topological polar surface area (TPSA) is 71.3 Å². The van der Waals surface area contributed by atoms with Gasteiger partial charge in [0.15, 0.2) is 5.76 Å². The van der Waals surface area contributed by atoms with E-state index in [1.165, 1.54) is 6.33 Å². The van der Waals surface area contributed by atoms with E-state index < -0.39 is 0 Å². The first-order chi connectivity index (χ1) is 11.1. The van der Waals surface area contributed by atoms with E-state index in [-0.39, 0.29) is 11.4 Å². The number of furan rings is 1. The highest BCUT2D eigenvalue weighted by Gasteiger charge is 2.54. The van der Waals surface area contributed by atoms with Crippen molar-refractivity contribution in [1.82, 2.24) is 14.9 Å². The van der Waals surface area contributed by atoms with Crippen LogP contribution >= 0.6 is 11.6 Å². The number of rotatable bonds is 3. The number of amides is 1. The fraction of sp³-hybridized carbons (Fsp3) is 0.438. The lowest BCUT2D eigenvalue weighted by molar-refractivity contribution is 0.0753. The molecule has 0 aromatic carbocycles. The van der Waals surface area contributed by atoms with Gasteiger partial charge >= 0.3 is 0 Å². The number of hydrogen-bond acceptors (Lipinski definition) is 5. The molecule has 1 aliphatic heterocycles. The van der Waals surface area contributed by atoms with E-state index in [0.29, 0.717) is 29.1 Å². The van der Waals surface area contributed by atoms with Crippen LogP contribution in [0.15, 0.2) is 29.1 Å². The number of anilines is 1. The molecule has 23 heavy (non-hydrogen) atoms. The maximum absolute atomic E-state index is 12.6. The zero-order valence-electron chi connectivity index (χ0n) is 12.8. The van der Waals surface area contributed by atoms with E-state index in [2.05, 4.69) is 15.3 Å². The summed E-state index contributed by atoms with van der Waals surface area (Å²) in [6.07, 6.45) is 5.14. The number of hydrogen-bond donors (Lipinski definition) is 1. The maximum atomic E-state index is 12.6. The van der Waals surface area contributed by atoms with Gasteiger partial charge in [-0.05, 0) is 31.9 Å². The van der Waals surface area contributed by atoms with Crippen molar-refractivity contribution in [3.8, 4) is 0 Å². The number of nitrogens with one attached hydrogen (secondary N) is 1. The van der Waals surface area contributed by atoms with Crippen LogP contribution in [0.2, 0.25) is 5.02 Å². The van der Waals surface area contributed by atoms with Crippen molar-refractivity contribution in [1.29, 1.82) is 0 Å². The first kappa shape index (κ1) is 14.5. The molecule has 0 radical (unpaired) electrons. The van der Waals surface area contributed by atoms with Gasteiger partial charge in [0.25, 0.3) is 5.91 Å². The Labute approximate surface area is 138 Å². The number of aryl methyl sites for hydroxylation is 1.